The number of nitrogens with two attached hydrogens (primary N) is 1. The van der Waals surface area contributed by atoms with Crippen LogP contribution in [0, 0.1) is 5.92 Å². The maximum Gasteiger partial charge on any atom is 0.257 e. The Balaban J connectivity index is 2.15. The molecule has 1 amide bonds. The van der Waals surface area contributed by atoms with Gasteiger partial charge in [-0.25, -0.2) is 0 Å². The third-order valence-corrected chi connectivity index (χ3v) is 3.68. The average molecular weight is 250 g/mol. The quantitative estimate of drug-likeness (QED) is 0.896. The highest BCUT2D eigenvalue weighted by molar-refractivity contribution is 5.94. The van der Waals surface area contributed by atoms with E-state index in [-0.39, 0.29) is 5.91 Å². The predicted octanol–water partition coefficient (Wildman–Crippen LogP) is 2.39. The molecule has 100 valence electrons. The van der Waals surface area contributed by atoms with Crippen molar-refractivity contribution < 1.29 is 9.21 Å². The molecule has 0 bridgehead atoms. The summed E-state index contributed by atoms with van der Waals surface area (Å²) in [4.78, 5) is 14.5. The number of carbonyl (C=O) groups is 1. The maximum atomic E-state index is 12.5. The van der Waals surface area contributed by atoms with Crippen molar-refractivity contribution in [1.29, 1.82) is 0 Å². The zero-order chi connectivity index (χ0) is 13.1. The Morgan fingerprint density at radius 1 is 1.56 bits per heavy atom. The molecule has 0 aromatic carbocycles. The second-order valence-electron chi connectivity index (χ2n) is 5.31. The minimum absolute atomic E-state index is 0.0804. The molecule has 0 spiro atoms. The molecule has 1 saturated heterocycles. The molecule has 1 aliphatic rings. The number of piperidine rings is 1. The monoisotopic (exact) mass is 250 g/mol. The molecule has 0 radical (unpaired) electrons. The Morgan fingerprint density at radius 3 is 2.94 bits per heavy atom. The molecule has 0 aliphatic carbocycles. The molecule has 0 saturated carbocycles. The van der Waals surface area contributed by atoms with Crippen molar-refractivity contribution in [2.24, 2.45) is 11.7 Å². The van der Waals surface area contributed by atoms with E-state index in [4.69, 9.17) is 10.2 Å². The molecule has 4 nitrogen and oxygen atoms in total. The Bertz CT molecular complexity index is 412. The SMILES string of the molecule is CC(C)C1CCCCN1C(=O)c1coc(CN)c1. The van der Waals surface area contributed by atoms with Crippen LogP contribution < -0.4 is 5.73 Å². The highest BCUT2D eigenvalue weighted by Crippen LogP contribution is 2.25. The van der Waals surface area contributed by atoms with Crippen molar-refractivity contribution >= 4 is 5.91 Å². The number of likely N-dealkylation sites (tertiary alicyclic amines) is 1. The van der Waals surface area contributed by atoms with Crippen LogP contribution in [0.4, 0.5) is 0 Å². The molecular weight excluding hydrogens is 228 g/mol. The first-order valence-corrected chi connectivity index (χ1v) is 6.72. The molecule has 2 rings (SSSR count). The summed E-state index contributed by atoms with van der Waals surface area (Å²) in [5.41, 5.74) is 6.13. The number of hydrogen-bond acceptors (Lipinski definition) is 3. The molecule has 1 fully saturated rings. The Hall–Kier alpha value is -1.29. The summed E-state index contributed by atoms with van der Waals surface area (Å²) in [7, 11) is 0. The van der Waals surface area contributed by atoms with E-state index in [0.717, 1.165) is 19.4 Å². The van der Waals surface area contributed by atoms with E-state index >= 15 is 0 Å². The normalized spacial score (nSPS) is 20.4. The lowest BCUT2D eigenvalue weighted by atomic mass is 9.92. The van der Waals surface area contributed by atoms with E-state index < -0.39 is 0 Å². The zero-order valence-electron chi connectivity index (χ0n) is 11.2. The van der Waals surface area contributed by atoms with Crippen LogP contribution >= 0.6 is 0 Å². The van der Waals surface area contributed by atoms with Gasteiger partial charge in [0.2, 0.25) is 0 Å². The van der Waals surface area contributed by atoms with Gasteiger partial charge < -0.3 is 15.1 Å². The van der Waals surface area contributed by atoms with Crippen LogP contribution in [0.5, 0.6) is 0 Å². The highest BCUT2D eigenvalue weighted by Gasteiger charge is 2.30. The van der Waals surface area contributed by atoms with Crippen molar-refractivity contribution in [3.05, 3.63) is 23.7 Å². The minimum atomic E-state index is 0.0804. The van der Waals surface area contributed by atoms with Gasteiger partial charge in [-0.05, 0) is 31.2 Å². The lowest BCUT2D eigenvalue weighted by molar-refractivity contribution is 0.0542. The van der Waals surface area contributed by atoms with E-state index in [1.54, 1.807) is 6.07 Å². The molecule has 2 N–H and O–H groups in total. The van der Waals surface area contributed by atoms with Crippen LogP contribution in [0.3, 0.4) is 0 Å². The van der Waals surface area contributed by atoms with Crippen LogP contribution in [0.1, 0.15) is 49.2 Å². The lowest BCUT2D eigenvalue weighted by Crippen LogP contribution is -2.46. The molecule has 4 heteroatoms. The number of furan rings is 1. The fraction of sp³-hybridized carbons (Fsp3) is 0.643. The van der Waals surface area contributed by atoms with E-state index in [9.17, 15) is 4.79 Å². The fourth-order valence-corrected chi connectivity index (χ4v) is 2.67. The number of nitrogens with zero attached hydrogens (tertiary/aromatic N) is 1. The maximum absolute atomic E-state index is 12.5. The summed E-state index contributed by atoms with van der Waals surface area (Å²) in [6.07, 6.45) is 4.93. The predicted molar refractivity (Wildman–Crippen MR) is 70.1 cm³/mol. The first-order chi connectivity index (χ1) is 8.63. The Kier molecular flexibility index (Phi) is 4.07. The van der Waals surface area contributed by atoms with Gasteiger partial charge in [-0.15, -0.1) is 0 Å². The fourth-order valence-electron chi connectivity index (χ4n) is 2.67. The van der Waals surface area contributed by atoms with E-state index in [1.807, 2.05) is 4.90 Å². The first-order valence-electron chi connectivity index (χ1n) is 6.72. The van der Waals surface area contributed by atoms with Gasteiger partial charge in [0.05, 0.1) is 12.1 Å². The number of carbonyl (C=O) groups excluding carboxylic acids is 1. The minimum Gasteiger partial charge on any atom is -0.467 e. The van der Waals surface area contributed by atoms with E-state index in [1.165, 1.54) is 12.7 Å². The van der Waals surface area contributed by atoms with Gasteiger partial charge in [0, 0.05) is 12.6 Å². The molecular formula is C14H22N2O2. The second-order valence-corrected chi connectivity index (χ2v) is 5.31. The van der Waals surface area contributed by atoms with Crippen LogP contribution in [0.25, 0.3) is 0 Å². The molecule has 1 aliphatic heterocycles. The van der Waals surface area contributed by atoms with Crippen molar-refractivity contribution in [1.82, 2.24) is 4.90 Å². The standard InChI is InChI=1S/C14H22N2O2/c1-10(2)13-5-3-4-6-16(13)14(17)11-7-12(8-15)18-9-11/h7,9-10,13H,3-6,8,15H2,1-2H3. The molecule has 2 heterocycles. The van der Waals surface area contributed by atoms with Crippen LogP contribution in [0.2, 0.25) is 0 Å². The van der Waals surface area contributed by atoms with E-state index in [2.05, 4.69) is 13.8 Å². The second kappa shape index (κ2) is 5.57. The van der Waals surface area contributed by atoms with Gasteiger partial charge in [0.25, 0.3) is 5.91 Å². The highest BCUT2D eigenvalue weighted by atomic mass is 16.3. The van der Waals surface area contributed by atoms with Gasteiger partial charge in [0.1, 0.15) is 12.0 Å². The van der Waals surface area contributed by atoms with Crippen LogP contribution in [-0.2, 0) is 6.54 Å². The van der Waals surface area contributed by atoms with Crippen molar-refractivity contribution in [3.63, 3.8) is 0 Å². The molecule has 1 unspecified atom stereocenters. The zero-order valence-corrected chi connectivity index (χ0v) is 11.2. The van der Waals surface area contributed by atoms with Gasteiger partial charge in [-0.1, -0.05) is 13.8 Å². The first kappa shape index (κ1) is 13.1. The summed E-state index contributed by atoms with van der Waals surface area (Å²) in [6.45, 7) is 5.54. The number of amides is 1. The van der Waals surface area contributed by atoms with Gasteiger partial charge >= 0.3 is 0 Å². The van der Waals surface area contributed by atoms with Gasteiger partial charge in [0.15, 0.2) is 0 Å². The summed E-state index contributed by atoms with van der Waals surface area (Å²) < 4.78 is 5.25. The van der Waals surface area contributed by atoms with Gasteiger partial charge in [-0.3, -0.25) is 4.79 Å². The van der Waals surface area contributed by atoms with Crippen molar-refractivity contribution in [2.75, 3.05) is 6.54 Å². The molecule has 18 heavy (non-hydrogen) atoms. The van der Waals surface area contributed by atoms with Crippen molar-refractivity contribution in [3.8, 4) is 0 Å². The molecule has 1 atom stereocenters. The summed E-state index contributed by atoms with van der Waals surface area (Å²) >= 11 is 0. The third kappa shape index (κ3) is 2.58. The lowest BCUT2D eigenvalue weighted by Gasteiger charge is -2.38. The van der Waals surface area contributed by atoms with Crippen LogP contribution in [-0.4, -0.2) is 23.4 Å². The average Bonchev–Trinajstić information content (AvgIpc) is 2.86. The third-order valence-electron chi connectivity index (χ3n) is 3.68. The molecule has 1 aromatic heterocycles. The number of rotatable bonds is 3. The van der Waals surface area contributed by atoms with Gasteiger partial charge in [-0.2, -0.15) is 0 Å². The van der Waals surface area contributed by atoms with Crippen LogP contribution in [0.15, 0.2) is 16.7 Å². The smallest absolute Gasteiger partial charge is 0.257 e. The Morgan fingerprint density at radius 2 is 2.33 bits per heavy atom. The number of hydrogen-bond donors (Lipinski definition) is 1. The largest absolute Gasteiger partial charge is 0.467 e. The summed E-state index contributed by atoms with van der Waals surface area (Å²) in [5.74, 6) is 1.24. The van der Waals surface area contributed by atoms with E-state index in [0.29, 0.717) is 29.8 Å². The summed E-state index contributed by atoms with van der Waals surface area (Å²) in [6, 6.07) is 2.11. The topological polar surface area (TPSA) is 59.5 Å². The Labute approximate surface area is 108 Å². The molecule has 1 aromatic rings. The van der Waals surface area contributed by atoms with Crippen molar-refractivity contribution in [2.45, 2.75) is 45.7 Å². The summed E-state index contributed by atoms with van der Waals surface area (Å²) in [5, 5.41) is 0.